The zero-order valence-electron chi connectivity index (χ0n) is 11.5. The second-order valence-corrected chi connectivity index (χ2v) is 5.52. The fraction of sp³-hybridized carbons (Fsp3) is 0.929. The molecule has 94 valence electrons. The van der Waals surface area contributed by atoms with E-state index in [0.717, 1.165) is 18.9 Å². The Hall–Kier alpha value is -0.530. The Kier molecular flexibility index (Phi) is 4.82. The van der Waals surface area contributed by atoms with Crippen LogP contribution in [0.5, 0.6) is 0 Å². The average molecular weight is 225 g/mol. The summed E-state index contributed by atoms with van der Waals surface area (Å²) in [6.07, 6.45) is 3.48. The number of carbonyl (C=O) groups excluding carboxylic acids is 1. The van der Waals surface area contributed by atoms with Crippen molar-refractivity contribution < 1.29 is 4.79 Å². The van der Waals surface area contributed by atoms with Crippen molar-refractivity contribution >= 4 is 5.91 Å². The molecule has 1 aliphatic heterocycles. The third kappa shape index (κ3) is 2.78. The van der Waals surface area contributed by atoms with Crippen LogP contribution in [-0.4, -0.2) is 23.4 Å². The van der Waals surface area contributed by atoms with E-state index in [-0.39, 0.29) is 5.92 Å². The van der Waals surface area contributed by atoms with E-state index in [9.17, 15) is 4.79 Å². The molecule has 0 N–H and O–H groups in total. The van der Waals surface area contributed by atoms with Crippen LogP contribution in [0.1, 0.15) is 53.9 Å². The van der Waals surface area contributed by atoms with Gasteiger partial charge in [-0.15, -0.1) is 0 Å². The topological polar surface area (TPSA) is 20.3 Å². The van der Waals surface area contributed by atoms with Crippen molar-refractivity contribution in [2.24, 2.45) is 17.8 Å². The number of carbonyl (C=O) groups is 1. The molecule has 2 heteroatoms. The molecular weight excluding hydrogens is 198 g/mol. The Morgan fingerprint density at radius 1 is 1.38 bits per heavy atom. The van der Waals surface area contributed by atoms with E-state index in [1.807, 2.05) is 0 Å². The molecule has 0 aromatic heterocycles. The van der Waals surface area contributed by atoms with Crippen molar-refractivity contribution in [3.63, 3.8) is 0 Å². The molecule has 0 bridgehead atoms. The quantitative estimate of drug-likeness (QED) is 0.719. The molecule has 1 saturated heterocycles. The van der Waals surface area contributed by atoms with E-state index in [1.165, 1.54) is 12.8 Å². The molecule has 16 heavy (non-hydrogen) atoms. The van der Waals surface area contributed by atoms with E-state index in [2.05, 4.69) is 39.5 Å². The summed E-state index contributed by atoms with van der Waals surface area (Å²) in [4.78, 5) is 14.5. The van der Waals surface area contributed by atoms with Gasteiger partial charge in [0.15, 0.2) is 0 Å². The summed E-state index contributed by atoms with van der Waals surface area (Å²) in [5.41, 5.74) is 0. The molecule has 1 fully saturated rings. The van der Waals surface area contributed by atoms with E-state index < -0.39 is 0 Å². The van der Waals surface area contributed by atoms with Crippen LogP contribution in [0.3, 0.4) is 0 Å². The average Bonchev–Trinajstić information content (AvgIpc) is 2.67. The second-order valence-electron chi connectivity index (χ2n) is 5.52. The van der Waals surface area contributed by atoms with Gasteiger partial charge in [-0.1, -0.05) is 40.5 Å². The largest absolute Gasteiger partial charge is 0.339 e. The van der Waals surface area contributed by atoms with Crippen molar-refractivity contribution in [1.29, 1.82) is 0 Å². The molecule has 0 radical (unpaired) electrons. The maximum atomic E-state index is 12.3. The Bertz CT molecular complexity index is 239. The lowest BCUT2D eigenvalue weighted by atomic mass is 9.92. The van der Waals surface area contributed by atoms with E-state index >= 15 is 0 Å². The molecule has 3 unspecified atom stereocenters. The number of rotatable bonds is 4. The summed E-state index contributed by atoms with van der Waals surface area (Å²) in [5, 5.41) is 0. The van der Waals surface area contributed by atoms with Crippen LogP contribution in [0.4, 0.5) is 0 Å². The third-order valence-electron chi connectivity index (χ3n) is 4.41. The standard InChI is InChI=1S/C14H27NO/c1-6-10(3)12(5)14(16)15-9-13(7-2)8-11(15)4/h10-13H,6-9H2,1-5H3/t10?,11-,12?,13?/m1/s1. The van der Waals surface area contributed by atoms with E-state index in [4.69, 9.17) is 0 Å². The predicted molar refractivity (Wildman–Crippen MR) is 68.2 cm³/mol. The van der Waals surface area contributed by atoms with Crippen molar-refractivity contribution in [2.75, 3.05) is 6.54 Å². The highest BCUT2D eigenvalue weighted by atomic mass is 16.2. The molecule has 4 atom stereocenters. The minimum atomic E-state index is 0.183. The van der Waals surface area contributed by atoms with Gasteiger partial charge in [-0.2, -0.15) is 0 Å². The smallest absolute Gasteiger partial charge is 0.225 e. The van der Waals surface area contributed by atoms with Gasteiger partial charge < -0.3 is 4.90 Å². The van der Waals surface area contributed by atoms with Gasteiger partial charge in [-0.05, 0) is 25.2 Å². The van der Waals surface area contributed by atoms with Crippen LogP contribution >= 0.6 is 0 Å². The van der Waals surface area contributed by atoms with Gasteiger partial charge >= 0.3 is 0 Å². The maximum Gasteiger partial charge on any atom is 0.225 e. The Morgan fingerprint density at radius 3 is 2.44 bits per heavy atom. The molecule has 2 nitrogen and oxygen atoms in total. The van der Waals surface area contributed by atoms with Gasteiger partial charge in [0.25, 0.3) is 0 Å². The summed E-state index contributed by atoms with van der Waals surface area (Å²) in [7, 11) is 0. The Balaban J connectivity index is 2.60. The molecule has 0 aliphatic carbocycles. The SMILES string of the molecule is CCC1C[C@@H](C)N(C(=O)C(C)C(C)CC)C1. The van der Waals surface area contributed by atoms with Crippen molar-refractivity contribution in [2.45, 2.75) is 59.9 Å². The number of nitrogens with zero attached hydrogens (tertiary/aromatic N) is 1. The first kappa shape index (κ1) is 13.5. The molecule has 1 aliphatic rings. The van der Waals surface area contributed by atoms with Gasteiger partial charge in [-0.3, -0.25) is 4.79 Å². The molecular formula is C14H27NO. The van der Waals surface area contributed by atoms with Gasteiger partial charge in [0, 0.05) is 18.5 Å². The van der Waals surface area contributed by atoms with Gasteiger partial charge in [0.05, 0.1) is 0 Å². The molecule has 0 aromatic carbocycles. The first-order valence-electron chi connectivity index (χ1n) is 6.81. The Morgan fingerprint density at radius 2 is 2.00 bits per heavy atom. The fourth-order valence-electron chi connectivity index (χ4n) is 2.60. The zero-order valence-corrected chi connectivity index (χ0v) is 11.5. The minimum Gasteiger partial charge on any atom is -0.339 e. The van der Waals surface area contributed by atoms with Crippen LogP contribution in [0.15, 0.2) is 0 Å². The van der Waals surface area contributed by atoms with Crippen molar-refractivity contribution in [3.8, 4) is 0 Å². The van der Waals surface area contributed by atoms with E-state index in [1.54, 1.807) is 0 Å². The summed E-state index contributed by atoms with van der Waals surface area (Å²) in [5.74, 6) is 1.78. The van der Waals surface area contributed by atoms with Gasteiger partial charge in [0.2, 0.25) is 5.91 Å². The lowest BCUT2D eigenvalue weighted by Gasteiger charge is -2.27. The molecule has 1 rings (SSSR count). The fourth-order valence-corrected chi connectivity index (χ4v) is 2.60. The Labute approximate surface area is 100 Å². The lowest BCUT2D eigenvalue weighted by Crippen LogP contribution is -2.39. The number of amides is 1. The van der Waals surface area contributed by atoms with Crippen LogP contribution in [-0.2, 0) is 4.79 Å². The maximum absolute atomic E-state index is 12.3. The molecule has 0 saturated carbocycles. The highest BCUT2D eigenvalue weighted by molar-refractivity contribution is 5.79. The van der Waals surface area contributed by atoms with Crippen LogP contribution in [0.2, 0.25) is 0 Å². The van der Waals surface area contributed by atoms with E-state index in [0.29, 0.717) is 17.9 Å². The van der Waals surface area contributed by atoms with Crippen LogP contribution < -0.4 is 0 Å². The lowest BCUT2D eigenvalue weighted by molar-refractivity contribution is -0.137. The summed E-state index contributed by atoms with van der Waals surface area (Å²) >= 11 is 0. The molecule has 1 heterocycles. The summed E-state index contributed by atoms with van der Waals surface area (Å²) in [6.45, 7) is 11.8. The zero-order chi connectivity index (χ0) is 12.3. The molecule has 0 aromatic rings. The predicted octanol–water partition coefficient (Wildman–Crippen LogP) is 3.32. The number of hydrogen-bond donors (Lipinski definition) is 0. The highest BCUT2D eigenvalue weighted by Gasteiger charge is 2.34. The summed E-state index contributed by atoms with van der Waals surface area (Å²) < 4.78 is 0. The summed E-state index contributed by atoms with van der Waals surface area (Å²) in [6, 6.07) is 0.448. The number of hydrogen-bond acceptors (Lipinski definition) is 1. The molecule has 0 spiro atoms. The first-order valence-corrected chi connectivity index (χ1v) is 6.81. The van der Waals surface area contributed by atoms with Gasteiger partial charge in [0.1, 0.15) is 0 Å². The second kappa shape index (κ2) is 5.70. The van der Waals surface area contributed by atoms with Crippen LogP contribution in [0.25, 0.3) is 0 Å². The van der Waals surface area contributed by atoms with Crippen LogP contribution in [0, 0.1) is 17.8 Å². The molecule has 1 amide bonds. The highest BCUT2D eigenvalue weighted by Crippen LogP contribution is 2.28. The minimum absolute atomic E-state index is 0.183. The first-order chi connectivity index (χ1) is 7.51. The monoisotopic (exact) mass is 225 g/mol. The van der Waals surface area contributed by atoms with Gasteiger partial charge in [-0.25, -0.2) is 0 Å². The van der Waals surface area contributed by atoms with Crippen molar-refractivity contribution in [3.05, 3.63) is 0 Å². The number of likely N-dealkylation sites (tertiary alicyclic amines) is 1. The van der Waals surface area contributed by atoms with Crippen molar-refractivity contribution in [1.82, 2.24) is 4.90 Å². The third-order valence-corrected chi connectivity index (χ3v) is 4.41. The normalized spacial score (nSPS) is 29.2.